The monoisotopic (exact) mass is 408 g/mol. The highest BCUT2D eigenvalue weighted by atomic mass is 16.6. The van der Waals surface area contributed by atoms with Crippen LogP contribution in [0.25, 0.3) is 5.76 Å². The van der Waals surface area contributed by atoms with Gasteiger partial charge in [0, 0.05) is 12.0 Å². The van der Waals surface area contributed by atoms with Gasteiger partial charge in [0.1, 0.15) is 0 Å². The van der Waals surface area contributed by atoms with Crippen molar-refractivity contribution in [1.82, 2.24) is 0 Å². The van der Waals surface area contributed by atoms with Gasteiger partial charge < -0.3 is 24.4 Å². The van der Waals surface area contributed by atoms with E-state index in [2.05, 4.69) is 0 Å². The Labute approximate surface area is 172 Å². The van der Waals surface area contributed by atoms with Gasteiger partial charge in [-0.15, -0.1) is 0 Å². The maximum atomic E-state index is 12.6. The van der Waals surface area contributed by atoms with Crippen LogP contribution in [0, 0.1) is 5.92 Å². The highest BCUT2D eigenvalue weighted by Crippen LogP contribution is 2.26. The molecule has 0 aliphatic heterocycles. The van der Waals surface area contributed by atoms with Crippen LogP contribution in [0.15, 0.2) is 30.0 Å². The van der Waals surface area contributed by atoms with Crippen LogP contribution in [-0.2, 0) is 30.2 Å². The van der Waals surface area contributed by atoms with Gasteiger partial charge in [-0.1, -0.05) is 51.0 Å². The van der Waals surface area contributed by atoms with E-state index in [4.69, 9.17) is 19.3 Å². The molecule has 0 saturated carbocycles. The Morgan fingerprint density at radius 2 is 1.79 bits per heavy atom. The lowest BCUT2D eigenvalue weighted by atomic mass is 9.99. The molecular weight excluding hydrogens is 376 g/mol. The van der Waals surface area contributed by atoms with E-state index in [-0.39, 0.29) is 23.9 Å². The minimum atomic E-state index is -0.961. The van der Waals surface area contributed by atoms with Crippen LogP contribution in [0.2, 0.25) is 0 Å². The molecule has 0 aromatic heterocycles. The standard InChI is InChI=1S/C22H32O7/c1-5-7-10-15(6-2)21(25)29-22(26)20(28-4)19(27-3)18-12-9-8-11-16(18)13-17(24)14-23/h8-9,11-12,15,17,23-24H,5-7,10,13-14H2,1-4H3. The van der Waals surface area contributed by atoms with Gasteiger partial charge in [-0.2, -0.15) is 0 Å². The largest absolute Gasteiger partial charge is 0.492 e. The summed E-state index contributed by atoms with van der Waals surface area (Å²) in [6.07, 6.45) is 2.25. The highest BCUT2D eigenvalue weighted by molar-refractivity contribution is 6.00. The fourth-order valence-corrected chi connectivity index (χ4v) is 2.99. The normalized spacial score (nSPS) is 13.9. The molecule has 0 fully saturated rings. The van der Waals surface area contributed by atoms with Gasteiger partial charge in [0.15, 0.2) is 5.76 Å². The van der Waals surface area contributed by atoms with E-state index < -0.39 is 24.6 Å². The van der Waals surface area contributed by atoms with Gasteiger partial charge in [0.25, 0.3) is 0 Å². The molecule has 1 aromatic carbocycles. The summed E-state index contributed by atoms with van der Waals surface area (Å²) in [5.74, 6) is -2.01. The number of aliphatic hydroxyl groups excluding tert-OH is 2. The fourth-order valence-electron chi connectivity index (χ4n) is 2.99. The Hall–Kier alpha value is -2.38. The lowest BCUT2D eigenvalue weighted by Gasteiger charge is -2.17. The third kappa shape index (κ3) is 7.18. The molecule has 0 aliphatic rings. The van der Waals surface area contributed by atoms with Crippen molar-refractivity contribution < 1.29 is 34.0 Å². The number of aliphatic hydroxyl groups is 2. The Balaban J connectivity index is 3.19. The predicted octanol–water partition coefficient (Wildman–Crippen LogP) is 2.83. The Morgan fingerprint density at radius 3 is 2.34 bits per heavy atom. The van der Waals surface area contributed by atoms with Crippen LogP contribution < -0.4 is 0 Å². The van der Waals surface area contributed by atoms with Gasteiger partial charge in [-0.25, -0.2) is 4.79 Å². The predicted molar refractivity (Wildman–Crippen MR) is 109 cm³/mol. The van der Waals surface area contributed by atoms with Crippen molar-refractivity contribution >= 4 is 17.7 Å². The average molecular weight is 408 g/mol. The van der Waals surface area contributed by atoms with Crippen LogP contribution in [-0.4, -0.2) is 49.1 Å². The second-order valence-electron chi connectivity index (χ2n) is 6.72. The zero-order valence-electron chi connectivity index (χ0n) is 17.6. The number of unbranched alkanes of at least 4 members (excludes halogenated alkanes) is 1. The number of rotatable bonds is 12. The summed E-state index contributed by atoms with van der Waals surface area (Å²) in [7, 11) is 2.67. The molecule has 7 heteroatoms. The van der Waals surface area contributed by atoms with Crippen molar-refractivity contribution in [2.24, 2.45) is 5.92 Å². The van der Waals surface area contributed by atoms with E-state index in [9.17, 15) is 14.7 Å². The molecule has 162 valence electrons. The van der Waals surface area contributed by atoms with Crippen LogP contribution in [0.1, 0.15) is 50.7 Å². The summed E-state index contributed by atoms with van der Waals surface area (Å²) < 4.78 is 15.7. The van der Waals surface area contributed by atoms with Crippen molar-refractivity contribution in [1.29, 1.82) is 0 Å². The highest BCUT2D eigenvalue weighted by Gasteiger charge is 2.27. The van der Waals surface area contributed by atoms with Crippen LogP contribution >= 0.6 is 0 Å². The zero-order valence-corrected chi connectivity index (χ0v) is 17.6. The van der Waals surface area contributed by atoms with Gasteiger partial charge >= 0.3 is 11.9 Å². The summed E-state index contributed by atoms with van der Waals surface area (Å²) in [5.41, 5.74) is 1.15. The first-order valence-corrected chi connectivity index (χ1v) is 9.88. The number of methoxy groups -OCH3 is 2. The number of carbonyl (C=O) groups excluding carboxylic acids is 2. The van der Waals surface area contributed by atoms with E-state index in [0.29, 0.717) is 24.0 Å². The number of esters is 2. The summed E-state index contributed by atoms with van der Waals surface area (Å²) in [5, 5.41) is 18.9. The maximum Gasteiger partial charge on any atom is 0.385 e. The Kier molecular flexibility index (Phi) is 11.0. The summed E-state index contributed by atoms with van der Waals surface area (Å²) >= 11 is 0. The molecule has 2 unspecified atom stereocenters. The number of benzene rings is 1. The van der Waals surface area contributed by atoms with Crippen molar-refractivity contribution in [3.63, 3.8) is 0 Å². The van der Waals surface area contributed by atoms with Gasteiger partial charge in [-0.3, -0.25) is 4.79 Å². The Bertz CT molecular complexity index is 696. The van der Waals surface area contributed by atoms with E-state index in [1.807, 2.05) is 13.8 Å². The first-order chi connectivity index (χ1) is 13.9. The maximum absolute atomic E-state index is 12.6. The van der Waals surface area contributed by atoms with Crippen molar-refractivity contribution in [3.8, 4) is 0 Å². The molecule has 0 spiro atoms. The third-order valence-corrected chi connectivity index (χ3v) is 4.65. The molecule has 0 radical (unpaired) electrons. The summed E-state index contributed by atoms with van der Waals surface area (Å²) in [6.45, 7) is 3.51. The molecule has 0 aliphatic carbocycles. The molecule has 2 atom stereocenters. The molecule has 7 nitrogen and oxygen atoms in total. The smallest absolute Gasteiger partial charge is 0.385 e. The molecule has 0 bridgehead atoms. The van der Waals surface area contributed by atoms with Crippen LogP contribution in [0.3, 0.4) is 0 Å². The van der Waals surface area contributed by atoms with Gasteiger partial charge in [0.05, 0.1) is 32.8 Å². The summed E-state index contributed by atoms with van der Waals surface area (Å²) in [6, 6.07) is 6.95. The molecule has 29 heavy (non-hydrogen) atoms. The average Bonchev–Trinajstić information content (AvgIpc) is 2.72. The molecule has 2 N–H and O–H groups in total. The zero-order chi connectivity index (χ0) is 21.8. The van der Waals surface area contributed by atoms with E-state index in [1.54, 1.807) is 24.3 Å². The van der Waals surface area contributed by atoms with E-state index >= 15 is 0 Å². The number of hydrogen-bond donors (Lipinski definition) is 2. The molecule has 1 aromatic rings. The molecule has 1 rings (SSSR count). The minimum Gasteiger partial charge on any atom is -0.492 e. The van der Waals surface area contributed by atoms with Crippen molar-refractivity contribution in [2.75, 3.05) is 20.8 Å². The number of hydrogen-bond acceptors (Lipinski definition) is 7. The summed E-state index contributed by atoms with van der Waals surface area (Å²) in [4.78, 5) is 25.0. The molecule has 0 saturated heterocycles. The minimum absolute atomic E-state index is 0.0904. The first kappa shape index (κ1) is 24.7. The second kappa shape index (κ2) is 13.0. The van der Waals surface area contributed by atoms with Crippen LogP contribution in [0.4, 0.5) is 0 Å². The van der Waals surface area contributed by atoms with Crippen molar-refractivity contribution in [2.45, 2.75) is 52.1 Å². The van der Waals surface area contributed by atoms with Crippen LogP contribution in [0.5, 0.6) is 0 Å². The quantitative estimate of drug-likeness (QED) is 0.237. The van der Waals surface area contributed by atoms with Gasteiger partial charge in [-0.05, 0) is 18.4 Å². The SMILES string of the molecule is CCCCC(CC)C(=O)OC(=O)C(OC)=C(OC)c1ccccc1CC(O)CO. The lowest BCUT2D eigenvalue weighted by molar-refractivity contribution is -0.162. The first-order valence-electron chi connectivity index (χ1n) is 9.88. The third-order valence-electron chi connectivity index (χ3n) is 4.65. The number of carbonyl (C=O) groups is 2. The lowest BCUT2D eigenvalue weighted by Crippen LogP contribution is -2.23. The fraction of sp³-hybridized carbons (Fsp3) is 0.545. The second-order valence-corrected chi connectivity index (χ2v) is 6.72. The number of ether oxygens (including phenoxy) is 3. The topological polar surface area (TPSA) is 102 Å². The van der Waals surface area contributed by atoms with Gasteiger partial charge in [0.2, 0.25) is 5.76 Å². The molecule has 0 amide bonds. The Morgan fingerprint density at radius 1 is 1.10 bits per heavy atom. The van der Waals surface area contributed by atoms with Crippen molar-refractivity contribution in [3.05, 3.63) is 41.2 Å². The van der Waals surface area contributed by atoms with E-state index in [1.165, 1.54) is 14.2 Å². The molecular formula is C22H32O7. The van der Waals surface area contributed by atoms with E-state index in [0.717, 1.165) is 12.8 Å². The molecule has 0 heterocycles.